The van der Waals surface area contributed by atoms with Crippen LogP contribution in [0.1, 0.15) is 5.56 Å². The predicted octanol–water partition coefficient (Wildman–Crippen LogP) is 4.01. The van der Waals surface area contributed by atoms with Gasteiger partial charge in [-0.2, -0.15) is 5.10 Å². The molecule has 6 heteroatoms. The molecule has 0 amide bonds. The standard InChI is InChI=1S/C21H23N5S/c1-25-10-12-26(13-11-25)19-9-5-6-17(14-19)15-22-24-21-23-20(16-27-21)18-7-3-2-4-8-18/h2-9,14-16H,10-13H2,1H3,(H,23,24). The Balaban J connectivity index is 1.39. The first-order chi connectivity index (χ1) is 13.3. The average Bonchev–Trinajstić information content (AvgIpc) is 3.18. The van der Waals surface area contributed by atoms with Gasteiger partial charge in [0.25, 0.3) is 0 Å². The summed E-state index contributed by atoms with van der Waals surface area (Å²) in [6, 6.07) is 18.7. The summed E-state index contributed by atoms with van der Waals surface area (Å²) in [7, 11) is 2.17. The van der Waals surface area contributed by atoms with Gasteiger partial charge in [0.2, 0.25) is 5.13 Å². The molecule has 1 aromatic heterocycles. The topological polar surface area (TPSA) is 43.8 Å². The maximum Gasteiger partial charge on any atom is 0.203 e. The fourth-order valence-electron chi connectivity index (χ4n) is 3.10. The summed E-state index contributed by atoms with van der Waals surface area (Å²) >= 11 is 1.56. The number of nitrogens with zero attached hydrogens (tertiary/aromatic N) is 4. The number of anilines is 2. The van der Waals surface area contributed by atoms with E-state index in [0.29, 0.717) is 0 Å². The van der Waals surface area contributed by atoms with E-state index in [1.165, 1.54) is 5.69 Å². The number of hydrogen-bond donors (Lipinski definition) is 1. The van der Waals surface area contributed by atoms with Crippen molar-refractivity contribution in [1.82, 2.24) is 9.88 Å². The van der Waals surface area contributed by atoms with Crippen molar-refractivity contribution in [2.75, 3.05) is 43.6 Å². The summed E-state index contributed by atoms with van der Waals surface area (Å²) in [6.45, 7) is 4.34. The molecule has 0 spiro atoms. The fourth-order valence-corrected chi connectivity index (χ4v) is 3.76. The molecule has 1 fully saturated rings. The van der Waals surface area contributed by atoms with Crippen LogP contribution >= 0.6 is 11.3 Å². The van der Waals surface area contributed by atoms with Crippen molar-refractivity contribution in [2.45, 2.75) is 0 Å². The third kappa shape index (κ3) is 4.53. The normalized spacial score (nSPS) is 15.4. The van der Waals surface area contributed by atoms with E-state index in [1.54, 1.807) is 11.3 Å². The molecule has 1 saturated heterocycles. The zero-order valence-corrected chi connectivity index (χ0v) is 16.2. The molecule has 1 aliphatic heterocycles. The number of nitrogens with one attached hydrogen (secondary N) is 1. The van der Waals surface area contributed by atoms with Crippen LogP contribution in [0, 0.1) is 0 Å². The molecule has 0 atom stereocenters. The van der Waals surface area contributed by atoms with Gasteiger partial charge < -0.3 is 9.80 Å². The molecule has 2 heterocycles. The van der Waals surface area contributed by atoms with Crippen LogP contribution in [0.15, 0.2) is 65.1 Å². The van der Waals surface area contributed by atoms with Gasteiger partial charge in [-0.05, 0) is 24.7 Å². The summed E-state index contributed by atoms with van der Waals surface area (Å²) in [5, 5.41) is 7.20. The van der Waals surface area contributed by atoms with Crippen LogP contribution in [-0.4, -0.2) is 49.3 Å². The van der Waals surface area contributed by atoms with Gasteiger partial charge in [-0.25, -0.2) is 4.98 Å². The van der Waals surface area contributed by atoms with E-state index in [-0.39, 0.29) is 0 Å². The van der Waals surface area contributed by atoms with Crippen molar-refractivity contribution in [3.05, 3.63) is 65.5 Å². The second kappa shape index (κ2) is 8.33. The van der Waals surface area contributed by atoms with E-state index in [0.717, 1.165) is 48.1 Å². The van der Waals surface area contributed by atoms with Gasteiger partial charge >= 0.3 is 0 Å². The Bertz CT molecular complexity index is 898. The minimum absolute atomic E-state index is 0.792. The average molecular weight is 378 g/mol. The van der Waals surface area contributed by atoms with E-state index in [9.17, 15) is 0 Å². The highest BCUT2D eigenvalue weighted by molar-refractivity contribution is 7.14. The highest BCUT2D eigenvalue weighted by Gasteiger charge is 2.14. The SMILES string of the molecule is CN1CCN(c2cccc(C=NNc3nc(-c4ccccc4)cs3)c2)CC1. The van der Waals surface area contributed by atoms with Crippen LogP contribution < -0.4 is 10.3 Å². The van der Waals surface area contributed by atoms with E-state index >= 15 is 0 Å². The summed E-state index contributed by atoms with van der Waals surface area (Å²) in [5.41, 5.74) is 7.47. The summed E-state index contributed by atoms with van der Waals surface area (Å²) in [6.07, 6.45) is 1.85. The smallest absolute Gasteiger partial charge is 0.203 e. The van der Waals surface area contributed by atoms with Crippen LogP contribution in [0.5, 0.6) is 0 Å². The van der Waals surface area contributed by atoms with Crippen LogP contribution in [0.25, 0.3) is 11.3 Å². The molecule has 27 heavy (non-hydrogen) atoms. The largest absolute Gasteiger partial charge is 0.369 e. The monoisotopic (exact) mass is 377 g/mol. The zero-order valence-electron chi connectivity index (χ0n) is 15.4. The van der Waals surface area contributed by atoms with Crippen molar-refractivity contribution in [3.8, 4) is 11.3 Å². The summed E-state index contributed by atoms with van der Waals surface area (Å²) in [5.74, 6) is 0. The van der Waals surface area contributed by atoms with Gasteiger partial charge in [0, 0.05) is 42.8 Å². The number of hydrogen-bond acceptors (Lipinski definition) is 6. The lowest BCUT2D eigenvalue weighted by molar-refractivity contribution is 0.313. The second-order valence-corrected chi connectivity index (χ2v) is 7.52. The van der Waals surface area contributed by atoms with E-state index in [1.807, 2.05) is 29.8 Å². The van der Waals surface area contributed by atoms with Gasteiger partial charge in [-0.15, -0.1) is 11.3 Å². The number of benzene rings is 2. The van der Waals surface area contributed by atoms with Crippen LogP contribution in [0.2, 0.25) is 0 Å². The molecule has 0 radical (unpaired) electrons. The minimum atomic E-state index is 0.792. The minimum Gasteiger partial charge on any atom is -0.369 e. The Morgan fingerprint density at radius 2 is 1.85 bits per heavy atom. The van der Waals surface area contributed by atoms with E-state index in [2.05, 4.69) is 68.8 Å². The van der Waals surface area contributed by atoms with Gasteiger partial charge in [-0.1, -0.05) is 42.5 Å². The first kappa shape index (κ1) is 17.7. The molecule has 5 nitrogen and oxygen atoms in total. The fraction of sp³-hybridized carbons (Fsp3) is 0.238. The quantitative estimate of drug-likeness (QED) is 0.539. The highest BCUT2D eigenvalue weighted by Crippen LogP contribution is 2.24. The van der Waals surface area contributed by atoms with E-state index < -0.39 is 0 Å². The Morgan fingerprint density at radius 1 is 1.04 bits per heavy atom. The van der Waals surface area contributed by atoms with Crippen LogP contribution in [0.4, 0.5) is 10.8 Å². The maximum absolute atomic E-state index is 4.59. The van der Waals surface area contributed by atoms with Gasteiger partial charge in [0.1, 0.15) is 0 Å². The molecular formula is C21H23N5S. The van der Waals surface area contributed by atoms with Crippen molar-refractivity contribution >= 4 is 28.4 Å². The molecule has 0 aliphatic carbocycles. The van der Waals surface area contributed by atoms with Crippen molar-refractivity contribution in [3.63, 3.8) is 0 Å². The number of thiazole rings is 1. The Kier molecular flexibility index (Phi) is 5.46. The molecule has 3 aromatic rings. The molecule has 4 rings (SSSR count). The highest BCUT2D eigenvalue weighted by atomic mass is 32.1. The zero-order chi connectivity index (χ0) is 18.5. The summed E-state index contributed by atoms with van der Waals surface area (Å²) in [4.78, 5) is 9.38. The lowest BCUT2D eigenvalue weighted by Crippen LogP contribution is -2.44. The van der Waals surface area contributed by atoms with Crippen molar-refractivity contribution < 1.29 is 0 Å². The first-order valence-corrected chi connectivity index (χ1v) is 9.99. The lowest BCUT2D eigenvalue weighted by Gasteiger charge is -2.34. The predicted molar refractivity (Wildman–Crippen MR) is 115 cm³/mol. The molecule has 0 bridgehead atoms. The Labute approximate surface area is 164 Å². The molecule has 138 valence electrons. The number of rotatable bonds is 5. The van der Waals surface area contributed by atoms with Crippen LogP contribution in [0.3, 0.4) is 0 Å². The van der Waals surface area contributed by atoms with Gasteiger partial charge in [0.05, 0.1) is 11.9 Å². The molecule has 0 saturated carbocycles. The van der Waals surface area contributed by atoms with Crippen molar-refractivity contribution in [1.29, 1.82) is 0 Å². The first-order valence-electron chi connectivity index (χ1n) is 9.11. The molecular weight excluding hydrogens is 354 g/mol. The molecule has 1 aliphatic rings. The van der Waals surface area contributed by atoms with Gasteiger partial charge in [0.15, 0.2) is 0 Å². The third-order valence-corrected chi connectivity index (χ3v) is 5.43. The number of likely N-dealkylation sites (N-methyl/N-ethyl adjacent to an activating group) is 1. The molecule has 1 N–H and O–H groups in total. The van der Waals surface area contributed by atoms with Crippen LogP contribution in [-0.2, 0) is 0 Å². The van der Waals surface area contributed by atoms with Crippen molar-refractivity contribution in [2.24, 2.45) is 5.10 Å². The molecule has 0 unspecified atom stereocenters. The van der Waals surface area contributed by atoms with Gasteiger partial charge in [-0.3, -0.25) is 5.43 Å². The lowest BCUT2D eigenvalue weighted by atomic mass is 10.2. The Morgan fingerprint density at radius 3 is 2.67 bits per heavy atom. The summed E-state index contributed by atoms with van der Waals surface area (Å²) < 4.78 is 0. The maximum atomic E-state index is 4.59. The number of aromatic nitrogens is 1. The molecule has 2 aromatic carbocycles. The Hall–Kier alpha value is -2.70. The third-order valence-electron chi connectivity index (χ3n) is 4.69. The number of piperazine rings is 1. The second-order valence-electron chi connectivity index (χ2n) is 6.66. The number of hydrazone groups is 1. The van der Waals surface area contributed by atoms with E-state index in [4.69, 9.17) is 0 Å².